The second kappa shape index (κ2) is 9.31. The van der Waals surface area contributed by atoms with Gasteiger partial charge in [0.1, 0.15) is 4.90 Å². The minimum absolute atomic E-state index is 0.0546. The van der Waals surface area contributed by atoms with Crippen molar-refractivity contribution in [1.82, 2.24) is 9.79 Å². The number of carbonyl (C=O) groups is 2. The number of nitrogens with zero attached hydrogens (tertiary/aromatic N) is 1. The maximum absolute atomic E-state index is 12.3. The van der Waals surface area contributed by atoms with Crippen LogP contribution in [0, 0.1) is 5.92 Å². The molecule has 0 bridgehead atoms. The number of amides is 1. The maximum Gasteiger partial charge on any atom is 0.338 e. The summed E-state index contributed by atoms with van der Waals surface area (Å²) in [6, 6.07) is 3.65. The molecule has 0 aliphatic heterocycles. The van der Waals surface area contributed by atoms with E-state index in [0.29, 0.717) is 11.0 Å². The minimum Gasteiger partial charge on any atom is -0.449 e. The second-order valence-electron chi connectivity index (χ2n) is 5.93. The van der Waals surface area contributed by atoms with E-state index in [4.69, 9.17) is 16.3 Å². The average Bonchev–Trinajstić information content (AvgIpc) is 2.58. The highest BCUT2D eigenvalue weighted by Crippen LogP contribution is 2.25. The maximum atomic E-state index is 12.3. The van der Waals surface area contributed by atoms with Crippen LogP contribution in [-0.2, 0) is 24.4 Å². The van der Waals surface area contributed by atoms with Gasteiger partial charge in [0.2, 0.25) is 0 Å². The van der Waals surface area contributed by atoms with Crippen molar-refractivity contribution in [2.45, 2.75) is 31.8 Å². The minimum atomic E-state index is -4.05. The van der Waals surface area contributed by atoms with Crippen LogP contribution in [-0.4, -0.2) is 51.6 Å². The van der Waals surface area contributed by atoms with Gasteiger partial charge in [0.25, 0.3) is 15.9 Å². The molecule has 146 valence electrons. The number of rotatable bonds is 8. The smallest absolute Gasteiger partial charge is 0.338 e. The van der Waals surface area contributed by atoms with Gasteiger partial charge in [-0.1, -0.05) is 29.9 Å². The third-order valence-electron chi connectivity index (χ3n) is 3.38. The molecule has 1 aromatic carbocycles. The molecule has 0 unspecified atom stereocenters. The van der Waals surface area contributed by atoms with Crippen LogP contribution >= 0.6 is 11.6 Å². The van der Waals surface area contributed by atoms with E-state index in [2.05, 4.69) is 10.2 Å². The van der Waals surface area contributed by atoms with Crippen molar-refractivity contribution >= 4 is 33.5 Å². The first-order valence-electron chi connectivity index (χ1n) is 7.82. The lowest BCUT2D eigenvalue weighted by Gasteiger charge is -2.17. The molecule has 8 nitrogen and oxygen atoms in total. The summed E-state index contributed by atoms with van der Waals surface area (Å²) >= 11 is 5.94. The zero-order valence-electron chi connectivity index (χ0n) is 15.3. The van der Waals surface area contributed by atoms with Crippen molar-refractivity contribution in [1.29, 1.82) is 0 Å². The highest BCUT2D eigenvalue weighted by atomic mass is 35.5. The summed E-state index contributed by atoms with van der Waals surface area (Å²) in [5.74, 6) is -1.03. The molecule has 0 saturated carbocycles. The molecule has 1 atom stereocenters. The van der Waals surface area contributed by atoms with Crippen LogP contribution in [0.5, 0.6) is 0 Å². The van der Waals surface area contributed by atoms with E-state index in [1.807, 2.05) is 13.8 Å². The zero-order valence-corrected chi connectivity index (χ0v) is 16.8. The molecule has 0 spiro atoms. The van der Waals surface area contributed by atoms with Crippen molar-refractivity contribution in [3.8, 4) is 0 Å². The molecule has 10 heteroatoms. The summed E-state index contributed by atoms with van der Waals surface area (Å²) in [6.45, 7) is 5.75. The summed E-state index contributed by atoms with van der Waals surface area (Å²) < 4.78 is 30.4. The Kier molecular flexibility index (Phi) is 8.01. The van der Waals surface area contributed by atoms with Gasteiger partial charge in [0, 0.05) is 13.6 Å². The van der Waals surface area contributed by atoms with Gasteiger partial charge in [0.15, 0.2) is 6.10 Å². The Labute approximate surface area is 158 Å². The first-order chi connectivity index (χ1) is 12.0. The van der Waals surface area contributed by atoms with Crippen molar-refractivity contribution in [2.24, 2.45) is 5.92 Å². The molecular weight excluding hydrogens is 384 g/mol. The molecular formula is C16H23ClN2O6S. The average molecular weight is 407 g/mol. The molecule has 0 radical (unpaired) electrons. The predicted molar refractivity (Wildman–Crippen MR) is 96.1 cm³/mol. The normalized spacial score (nSPS) is 12.9. The molecule has 1 aromatic rings. The van der Waals surface area contributed by atoms with Crippen LogP contribution in [0.25, 0.3) is 0 Å². The van der Waals surface area contributed by atoms with E-state index in [9.17, 15) is 18.0 Å². The number of esters is 1. The van der Waals surface area contributed by atoms with E-state index in [1.54, 1.807) is 0 Å². The molecule has 0 aliphatic carbocycles. The molecule has 0 aromatic heterocycles. The Morgan fingerprint density at radius 3 is 2.42 bits per heavy atom. The SMILES string of the molecule is CON(C)S(=O)(=O)c1cc(C(=O)O[C@H](C)C(=O)NCC(C)C)ccc1Cl. The first-order valence-corrected chi connectivity index (χ1v) is 9.63. The van der Waals surface area contributed by atoms with Gasteiger partial charge in [-0.05, 0) is 31.0 Å². The van der Waals surface area contributed by atoms with Crippen LogP contribution in [0.1, 0.15) is 31.1 Å². The number of hydrogen-bond acceptors (Lipinski definition) is 6. The lowest BCUT2D eigenvalue weighted by molar-refractivity contribution is -0.129. The van der Waals surface area contributed by atoms with Gasteiger partial charge in [0.05, 0.1) is 17.7 Å². The number of benzene rings is 1. The van der Waals surface area contributed by atoms with Crippen LogP contribution in [0.3, 0.4) is 0 Å². The third kappa shape index (κ3) is 5.66. The summed E-state index contributed by atoms with van der Waals surface area (Å²) in [5.41, 5.74) is -0.0546. The fraction of sp³-hybridized carbons (Fsp3) is 0.500. The number of hydroxylamine groups is 1. The van der Waals surface area contributed by atoms with Crippen LogP contribution in [0.2, 0.25) is 5.02 Å². The van der Waals surface area contributed by atoms with Gasteiger partial charge >= 0.3 is 5.97 Å². The highest BCUT2D eigenvalue weighted by Gasteiger charge is 2.26. The van der Waals surface area contributed by atoms with Crippen LogP contribution in [0.4, 0.5) is 0 Å². The standard InChI is InChI=1S/C16H23ClN2O6S/c1-10(2)9-18-15(20)11(3)25-16(21)12-6-7-13(17)14(8-12)26(22,23)19(4)24-5/h6-8,10-11H,9H2,1-5H3,(H,18,20)/t11-/m1/s1. The van der Waals surface area contributed by atoms with Crippen molar-refractivity contribution in [2.75, 3.05) is 20.7 Å². The largest absolute Gasteiger partial charge is 0.449 e. The lowest BCUT2D eigenvalue weighted by atomic mass is 10.2. The van der Waals surface area contributed by atoms with Crippen molar-refractivity contribution in [3.63, 3.8) is 0 Å². The lowest BCUT2D eigenvalue weighted by Crippen LogP contribution is -2.37. The number of sulfonamides is 1. The Bertz CT molecular complexity index is 766. The van der Waals surface area contributed by atoms with E-state index < -0.39 is 28.0 Å². The summed E-state index contributed by atoms with van der Waals surface area (Å²) in [4.78, 5) is 28.5. The Morgan fingerprint density at radius 2 is 1.88 bits per heavy atom. The van der Waals surface area contributed by atoms with Gasteiger partial charge in [-0.15, -0.1) is 0 Å². The molecule has 0 fully saturated rings. The molecule has 1 N–H and O–H groups in total. The van der Waals surface area contributed by atoms with Gasteiger partial charge in [-0.2, -0.15) is 0 Å². The summed E-state index contributed by atoms with van der Waals surface area (Å²) in [5, 5.41) is 2.57. The molecule has 1 rings (SSSR count). The van der Waals surface area contributed by atoms with Crippen molar-refractivity contribution in [3.05, 3.63) is 28.8 Å². The quantitative estimate of drug-likeness (QED) is 0.522. The molecule has 0 saturated heterocycles. The summed E-state index contributed by atoms with van der Waals surface area (Å²) in [6.07, 6.45) is -1.03. The number of ether oxygens (including phenoxy) is 1. The van der Waals surface area contributed by atoms with Crippen LogP contribution < -0.4 is 5.32 Å². The topological polar surface area (TPSA) is 102 Å². The number of halogens is 1. The Morgan fingerprint density at radius 1 is 1.27 bits per heavy atom. The number of carbonyl (C=O) groups excluding carboxylic acids is 2. The van der Waals surface area contributed by atoms with Crippen LogP contribution in [0.15, 0.2) is 23.1 Å². The number of hydrogen-bond donors (Lipinski definition) is 1. The fourth-order valence-corrected chi connectivity index (χ4v) is 3.27. The molecule has 1 amide bonds. The van der Waals surface area contributed by atoms with Gasteiger partial charge < -0.3 is 10.1 Å². The molecule has 0 heterocycles. The van der Waals surface area contributed by atoms with Gasteiger partial charge in [-0.25, -0.2) is 13.2 Å². The summed E-state index contributed by atoms with van der Waals surface area (Å²) in [7, 11) is -1.67. The Balaban J connectivity index is 2.98. The second-order valence-corrected chi connectivity index (χ2v) is 8.24. The predicted octanol–water partition coefficient (Wildman–Crippen LogP) is 1.84. The third-order valence-corrected chi connectivity index (χ3v) is 5.54. The van der Waals surface area contributed by atoms with Gasteiger partial charge in [-0.3, -0.25) is 9.63 Å². The monoisotopic (exact) mass is 406 g/mol. The first kappa shape index (κ1) is 22.4. The molecule has 26 heavy (non-hydrogen) atoms. The van der Waals surface area contributed by atoms with Crippen molar-refractivity contribution < 1.29 is 27.6 Å². The van der Waals surface area contributed by atoms with E-state index >= 15 is 0 Å². The van der Waals surface area contributed by atoms with E-state index in [-0.39, 0.29) is 21.4 Å². The molecule has 0 aliphatic rings. The van der Waals surface area contributed by atoms with E-state index in [1.165, 1.54) is 33.2 Å². The number of nitrogens with one attached hydrogen (secondary N) is 1. The zero-order chi connectivity index (χ0) is 20.1. The highest BCUT2D eigenvalue weighted by molar-refractivity contribution is 7.89. The van der Waals surface area contributed by atoms with E-state index in [0.717, 1.165) is 6.07 Å². The Hall–Kier alpha value is -1.68. The fourth-order valence-electron chi connectivity index (χ4n) is 1.80.